The normalized spacial score (nSPS) is 10.7. The maximum atomic E-state index is 12.0. The number of carbonyl (C=O) groups is 2. The molecular formula is C19H24N2O5S. The van der Waals surface area contributed by atoms with Crippen LogP contribution in [0.4, 0.5) is 0 Å². The highest BCUT2D eigenvalue weighted by molar-refractivity contribution is 7.99. The number of hydrogen-bond donors (Lipinski definition) is 1. The van der Waals surface area contributed by atoms with E-state index in [1.807, 2.05) is 24.3 Å². The van der Waals surface area contributed by atoms with Crippen molar-refractivity contribution < 1.29 is 23.5 Å². The van der Waals surface area contributed by atoms with Gasteiger partial charge in [0.15, 0.2) is 5.78 Å². The number of ether oxygens (including phenoxy) is 2. The first-order chi connectivity index (χ1) is 13.2. The number of thioether (sulfide) groups is 1. The Hall–Kier alpha value is -2.16. The number of hydrogen-bond acceptors (Lipinski definition) is 7. The molecule has 8 heteroatoms. The van der Waals surface area contributed by atoms with E-state index < -0.39 is 0 Å². The Kier molecular flexibility index (Phi) is 9.61. The first kappa shape index (κ1) is 21.1. The average Bonchev–Trinajstić information content (AvgIpc) is 3.19. The summed E-state index contributed by atoms with van der Waals surface area (Å²) in [6, 6.07) is 7.45. The van der Waals surface area contributed by atoms with E-state index in [2.05, 4.69) is 10.3 Å². The van der Waals surface area contributed by atoms with Crippen molar-refractivity contribution in [2.24, 2.45) is 0 Å². The number of ketones is 1. The van der Waals surface area contributed by atoms with Gasteiger partial charge in [0.25, 0.3) is 0 Å². The van der Waals surface area contributed by atoms with Gasteiger partial charge in [0.05, 0.1) is 30.9 Å². The zero-order chi connectivity index (χ0) is 19.3. The van der Waals surface area contributed by atoms with Gasteiger partial charge in [0.2, 0.25) is 5.91 Å². The van der Waals surface area contributed by atoms with Gasteiger partial charge < -0.3 is 19.2 Å². The maximum absolute atomic E-state index is 12.0. The Bertz CT molecular complexity index is 706. The topological polar surface area (TPSA) is 90.7 Å². The number of aromatic nitrogens is 1. The van der Waals surface area contributed by atoms with E-state index in [1.165, 1.54) is 11.8 Å². The largest absolute Gasteiger partial charge is 0.468 e. The number of pyridine rings is 1. The monoisotopic (exact) mass is 392 g/mol. The second kappa shape index (κ2) is 12.3. The second-order valence-electron chi connectivity index (χ2n) is 5.80. The van der Waals surface area contributed by atoms with Crippen molar-refractivity contribution in [3.63, 3.8) is 0 Å². The molecule has 2 heterocycles. The molecule has 2 aromatic heterocycles. The summed E-state index contributed by atoms with van der Waals surface area (Å²) < 4.78 is 15.3. The summed E-state index contributed by atoms with van der Waals surface area (Å²) in [4.78, 5) is 28.0. The summed E-state index contributed by atoms with van der Waals surface area (Å²) in [5.41, 5.74) is 1.80. The molecular weight excluding hydrogens is 368 g/mol. The number of rotatable bonds is 13. The van der Waals surface area contributed by atoms with Crippen LogP contribution >= 0.6 is 11.8 Å². The number of nitrogens with one attached hydrogen (secondary N) is 1. The van der Waals surface area contributed by atoms with Crippen molar-refractivity contribution >= 4 is 23.5 Å². The third kappa shape index (κ3) is 8.85. The predicted molar refractivity (Wildman–Crippen MR) is 102 cm³/mol. The van der Waals surface area contributed by atoms with E-state index in [9.17, 15) is 9.59 Å². The Morgan fingerprint density at radius 2 is 2.22 bits per heavy atom. The number of amides is 1. The Balaban J connectivity index is 1.61. The molecule has 2 aromatic rings. The first-order valence-electron chi connectivity index (χ1n) is 8.56. The van der Waals surface area contributed by atoms with Gasteiger partial charge in [0.1, 0.15) is 12.6 Å². The molecule has 0 bridgehead atoms. The number of methoxy groups -OCH3 is 1. The Morgan fingerprint density at radius 3 is 3.00 bits per heavy atom. The fraction of sp³-hybridized carbons (Fsp3) is 0.421. The lowest BCUT2D eigenvalue weighted by Gasteiger charge is -2.06. The van der Waals surface area contributed by atoms with Crippen LogP contribution in [0.3, 0.4) is 0 Å². The minimum absolute atomic E-state index is 0.0257. The summed E-state index contributed by atoms with van der Waals surface area (Å²) in [5, 5.41) is 2.65. The molecule has 0 aliphatic heterocycles. The molecule has 0 aliphatic rings. The SMILES string of the molecule is COCOCc1ccnc(CCC(=O)CNC(=O)CSCc2ccco2)c1. The fourth-order valence-electron chi connectivity index (χ4n) is 2.24. The summed E-state index contributed by atoms with van der Waals surface area (Å²) in [7, 11) is 1.57. The number of carbonyl (C=O) groups excluding carboxylic acids is 2. The molecule has 1 N–H and O–H groups in total. The van der Waals surface area contributed by atoms with Gasteiger partial charge in [-0.05, 0) is 36.2 Å². The molecule has 0 aromatic carbocycles. The van der Waals surface area contributed by atoms with Crippen molar-refractivity contribution in [2.45, 2.75) is 25.2 Å². The van der Waals surface area contributed by atoms with Gasteiger partial charge in [-0.15, -0.1) is 11.8 Å². The minimum atomic E-state index is -0.157. The fourth-order valence-corrected chi connectivity index (χ4v) is 3.00. The van der Waals surface area contributed by atoms with Crippen molar-refractivity contribution in [2.75, 3.05) is 26.2 Å². The van der Waals surface area contributed by atoms with E-state index in [0.717, 1.165) is 17.0 Å². The lowest BCUT2D eigenvalue weighted by Crippen LogP contribution is -2.31. The van der Waals surface area contributed by atoms with Crippen molar-refractivity contribution in [1.82, 2.24) is 10.3 Å². The van der Waals surface area contributed by atoms with Crippen LogP contribution in [0.1, 0.15) is 23.4 Å². The third-order valence-electron chi connectivity index (χ3n) is 3.55. The van der Waals surface area contributed by atoms with Crippen LogP contribution in [0.5, 0.6) is 0 Å². The molecule has 7 nitrogen and oxygen atoms in total. The van der Waals surface area contributed by atoms with Crippen LogP contribution in [-0.2, 0) is 37.8 Å². The lowest BCUT2D eigenvalue weighted by molar-refractivity contribution is -0.123. The summed E-state index contributed by atoms with van der Waals surface area (Å²) in [6.07, 6.45) is 4.16. The first-order valence-corrected chi connectivity index (χ1v) is 9.72. The van der Waals surface area contributed by atoms with Crippen molar-refractivity contribution in [3.05, 3.63) is 53.7 Å². The van der Waals surface area contributed by atoms with Gasteiger partial charge in [0, 0.05) is 25.4 Å². The molecule has 0 unspecified atom stereocenters. The zero-order valence-corrected chi connectivity index (χ0v) is 16.1. The number of Topliss-reactive ketones (excluding diaryl/α,β-unsaturated/α-hetero) is 1. The molecule has 0 spiro atoms. The van der Waals surface area contributed by atoms with Crippen molar-refractivity contribution in [3.8, 4) is 0 Å². The predicted octanol–water partition coefficient (Wildman–Crippen LogP) is 2.35. The highest BCUT2D eigenvalue weighted by Gasteiger charge is 2.08. The van der Waals surface area contributed by atoms with Crippen molar-refractivity contribution in [1.29, 1.82) is 0 Å². The van der Waals surface area contributed by atoms with Crippen LogP contribution in [0, 0.1) is 0 Å². The van der Waals surface area contributed by atoms with Gasteiger partial charge in [-0.1, -0.05) is 0 Å². The molecule has 0 fully saturated rings. The molecule has 0 aliphatic carbocycles. The molecule has 1 amide bonds. The average molecular weight is 392 g/mol. The number of nitrogens with zero attached hydrogens (tertiary/aromatic N) is 1. The van der Waals surface area contributed by atoms with Crippen LogP contribution in [0.15, 0.2) is 41.1 Å². The summed E-state index contributed by atoms with van der Waals surface area (Å²) >= 11 is 1.44. The van der Waals surface area contributed by atoms with Gasteiger partial charge in [-0.2, -0.15) is 0 Å². The van der Waals surface area contributed by atoms with Crippen LogP contribution in [0.2, 0.25) is 0 Å². The smallest absolute Gasteiger partial charge is 0.230 e. The number of aryl methyl sites for hydroxylation is 1. The van der Waals surface area contributed by atoms with Gasteiger partial charge >= 0.3 is 0 Å². The summed E-state index contributed by atoms with van der Waals surface area (Å²) in [6.45, 7) is 0.704. The molecule has 0 radical (unpaired) electrons. The van der Waals surface area contributed by atoms with E-state index in [4.69, 9.17) is 13.9 Å². The number of furan rings is 1. The lowest BCUT2D eigenvalue weighted by atomic mass is 10.1. The third-order valence-corrected chi connectivity index (χ3v) is 4.51. The van der Waals surface area contributed by atoms with Gasteiger partial charge in [-0.3, -0.25) is 14.6 Å². The highest BCUT2D eigenvalue weighted by atomic mass is 32.2. The van der Waals surface area contributed by atoms with Crippen LogP contribution < -0.4 is 5.32 Å². The van der Waals surface area contributed by atoms with E-state index in [0.29, 0.717) is 31.0 Å². The van der Waals surface area contributed by atoms with E-state index >= 15 is 0 Å². The van der Waals surface area contributed by atoms with Crippen LogP contribution in [0.25, 0.3) is 0 Å². The van der Waals surface area contributed by atoms with E-state index in [1.54, 1.807) is 19.6 Å². The molecule has 146 valence electrons. The zero-order valence-electron chi connectivity index (χ0n) is 15.3. The van der Waals surface area contributed by atoms with Gasteiger partial charge in [-0.25, -0.2) is 0 Å². The standard InChI is InChI=1S/C19H24N2O5S/c1-24-14-25-11-15-6-7-20-16(9-15)4-5-17(22)10-21-19(23)13-27-12-18-3-2-8-26-18/h2-3,6-9H,4-5,10-14H2,1H3,(H,21,23). The van der Waals surface area contributed by atoms with Crippen LogP contribution in [-0.4, -0.2) is 42.9 Å². The molecule has 0 saturated carbocycles. The summed E-state index contributed by atoms with van der Waals surface area (Å²) in [5.74, 6) is 1.56. The highest BCUT2D eigenvalue weighted by Crippen LogP contribution is 2.11. The Morgan fingerprint density at radius 1 is 1.33 bits per heavy atom. The minimum Gasteiger partial charge on any atom is -0.468 e. The maximum Gasteiger partial charge on any atom is 0.230 e. The quantitative estimate of drug-likeness (QED) is 0.413. The second-order valence-corrected chi connectivity index (χ2v) is 6.78. The Labute approximate surface area is 162 Å². The molecule has 2 rings (SSSR count). The molecule has 27 heavy (non-hydrogen) atoms. The molecule has 0 atom stereocenters. The van der Waals surface area contributed by atoms with E-state index in [-0.39, 0.29) is 25.0 Å². The molecule has 0 saturated heterocycles.